The van der Waals surface area contributed by atoms with Crippen LogP contribution in [0.25, 0.3) is 0 Å². The molecule has 0 bridgehead atoms. The molecule has 1 heterocycles. The van der Waals surface area contributed by atoms with Gasteiger partial charge in [-0.1, -0.05) is 32.5 Å². The fourth-order valence-corrected chi connectivity index (χ4v) is 2.30. The highest BCUT2D eigenvalue weighted by molar-refractivity contribution is 7.98. The minimum atomic E-state index is -0.390. The van der Waals surface area contributed by atoms with Crippen LogP contribution >= 0.6 is 11.8 Å². The van der Waals surface area contributed by atoms with Crippen LogP contribution in [0.1, 0.15) is 32.0 Å². The Hall–Kier alpha value is -2.15. The lowest BCUT2D eigenvalue weighted by Crippen LogP contribution is -2.32. The lowest BCUT2D eigenvalue weighted by Gasteiger charge is -2.16. The predicted octanol–water partition coefficient (Wildman–Crippen LogP) is 2.55. The molecule has 0 unspecified atom stereocenters. The summed E-state index contributed by atoms with van der Waals surface area (Å²) in [6.45, 7) is 5.78. The third kappa shape index (κ3) is 3.98. The topological polar surface area (TPSA) is 69.4 Å². The van der Waals surface area contributed by atoms with Crippen molar-refractivity contribution in [3.63, 3.8) is 0 Å². The molecule has 0 aliphatic heterocycles. The molecule has 122 valence electrons. The zero-order chi connectivity index (χ0) is 17.0. The Labute approximate surface area is 139 Å². The van der Waals surface area contributed by atoms with Crippen molar-refractivity contribution in [3.05, 3.63) is 45.9 Å². The van der Waals surface area contributed by atoms with Crippen LogP contribution in [0, 0.1) is 0 Å². The molecule has 0 spiro atoms. The largest absolute Gasteiger partial charge is 0.497 e. The van der Waals surface area contributed by atoms with Gasteiger partial charge in [0.25, 0.3) is 5.56 Å². The van der Waals surface area contributed by atoms with Gasteiger partial charge in [-0.3, -0.25) is 4.79 Å². The first-order valence-electron chi connectivity index (χ1n) is 7.09. The van der Waals surface area contributed by atoms with Gasteiger partial charge >= 0.3 is 0 Å². The summed E-state index contributed by atoms with van der Waals surface area (Å²) in [6, 6.07) is 7.41. The molecule has 0 radical (unpaired) electrons. The highest BCUT2D eigenvalue weighted by Gasteiger charge is 2.23. The third-order valence-electron chi connectivity index (χ3n) is 3.14. The Morgan fingerprint density at radius 2 is 1.87 bits per heavy atom. The van der Waals surface area contributed by atoms with E-state index < -0.39 is 5.41 Å². The molecule has 1 aromatic heterocycles. The van der Waals surface area contributed by atoms with E-state index in [1.165, 1.54) is 16.4 Å². The summed E-state index contributed by atoms with van der Waals surface area (Å²) in [5.41, 5.74) is 0.612. The molecule has 0 saturated heterocycles. The van der Waals surface area contributed by atoms with E-state index in [-0.39, 0.29) is 5.56 Å². The molecule has 0 fully saturated rings. The van der Waals surface area contributed by atoms with Gasteiger partial charge in [-0.15, -0.1) is 10.2 Å². The van der Waals surface area contributed by atoms with Crippen molar-refractivity contribution in [2.75, 3.05) is 13.4 Å². The zero-order valence-corrected chi connectivity index (χ0v) is 14.7. The number of ether oxygens (including phenoxy) is 1. The van der Waals surface area contributed by atoms with Crippen molar-refractivity contribution in [2.45, 2.75) is 31.3 Å². The van der Waals surface area contributed by atoms with Crippen LogP contribution in [0.15, 0.2) is 39.3 Å². The molecule has 2 rings (SSSR count). The molecule has 0 atom stereocenters. The Kier molecular flexibility index (Phi) is 5.20. The van der Waals surface area contributed by atoms with Gasteiger partial charge in [0, 0.05) is 5.41 Å². The van der Waals surface area contributed by atoms with Gasteiger partial charge in [-0.05, 0) is 36.1 Å². The number of methoxy groups -OCH3 is 1. The Morgan fingerprint density at radius 3 is 2.39 bits per heavy atom. The minimum Gasteiger partial charge on any atom is -0.497 e. The molecular formula is C16H20N4O2S. The summed E-state index contributed by atoms with van der Waals surface area (Å²) in [7, 11) is 1.62. The second kappa shape index (κ2) is 6.95. The summed E-state index contributed by atoms with van der Waals surface area (Å²) in [5, 5.41) is 12.9. The van der Waals surface area contributed by atoms with Crippen molar-refractivity contribution < 1.29 is 4.74 Å². The fourth-order valence-electron chi connectivity index (χ4n) is 1.88. The Morgan fingerprint density at radius 1 is 1.22 bits per heavy atom. The zero-order valence-electron chi connectivity index (χ0n) is 13.9. The van der Waals surface area contributed by atoms with Crippen molar-refractivity contribution in [1.82, 2.24) is 14.9 Å². The first-order valence-corrected chi connectivity index (χ1v) is 8.32. The third-order valence-corrected chi connectivity index (χ3v) is 3.76. The molecule has 0 amide bonds. The summed E-state index contributed by atoms with van der Waals surface area (Å²) in [4.78, 5) is 12.6. The predicted molar refractivity (Wildman–Crippen MR) is 92.8 cm³/mol. The van der Waals surface area contributed by atoms with E-state index in [2.05, 4.69) is 15.3 Å². The van der Waals surface area contributed by atoms with Crippen molar-refractivity contribution >= 4 is 18.0 Å². The van der Waals surface area contributed by atoms with Gasteiger partial charge in [0.1, 0.15) is 11.4 Å². The molecule has 2 aromatic rings. The second-order valence-corrected chi connectivity index (χ2v) is 6.69. The van der Waals surface area contributed by atoms with Gasteiger partial charge in [0.2, 0.25) is 5.16 Å². The summed E-state index contributed by atoms with van der Waals surface area (Å²) in [6.07, 6.45) is 3.45. The molecule has 0 saturated carbocycles. The van der Waals surface area contributed by atoms with E-state index in [9.17, 15) is 4.79 Å². The van der Waals surface area contributed by atoms with E-state index >= 15 is 0 Å². The Bertz CT molecular complexity index is 761. The van der Waals surface area contributed by atoms with E-state index in [1.807, 2.05) is 51.3 Å². The number of hydrogen-bond donors (Lipinski definition) is 0. The van der Waals surface area contributed by atoms with Gasteiger partial charge in [-0.2, -0.15) is 9.78 Å². The maximum Gasteiger partial charge on any atom is 0.297 e. The standard InChI is InChI=1S/C16H20N4O2S/c1-16(2,3)13-14(21)20(15(23-5)19-18-13)17-10-11-6-8-12(22-4)9-7-11/h6-10H,1-5H3. The molecular weight excluding hydrogens is 312 g/mol. The Balaban J connectivity index is 2.44. The average molecular weight is 332 g/mol. The highest BCUT2D eigenvalue weighted by atomic mass is 32.2. The van der Waals surface area contributed by atoms with Crippen molar-refractivity contribution in [1.29, 1.82) is 0 Å². The number of thioether (sulfide) groups is 1. The van der Waals surface area contributed by atoms with Crippen LogP contribution in [0.2, 0.25) is 0 Å². The maximum absolute atomic E-state index is 12.6. The normalized spacial score (nSPS) is 11.9. The quantitative estimate of drug-likeness (QED) is 0.636. The SMILES string of the molecule is COc1ccc(C=Nn2c(SC)nnc(C(C)(C)C)c2=O)cc1. The van der Waals surface area contributed by atoms with Crippen LogP contribution in [0.5, 0.6) is 5.75 Å². The first kappa shape index (κ1) is 17.2. The van der Waals surface area contributed by atoms with Crippen LogP contribution in [-0.2, 0) is 5.41 Å². The molecule has 7 heteroatoms. The maximum atomic E-state index is 12.6. The van der Waals surface area contributed by atoms with Crippen molar-refractivity contribution in [3.8, 4) is 5.75 Å². The number of nitrogens with zero attached hydrogens (tertiary/aromatic N) is 4. The molecule has 1 aromatic carbocycles. The van der Waals surface area contributed by atoms with Gasteiger partial charge in [-0.25, -0.2) is 0 Å². The average Bonchev–Trinajstić information content (AvgIpc) is 2.52. The summed E-state index contributed by atoms with van der Waals surface area (Å²) < 4.78 is 6.41. The van der Waals surface area contributed by atoms with Gasteiger partial charge in [0.05, 0.1) is 13.3 Å². The minimum absolute atomic E-state index is 0.249. The first-order chi connectivity index (χ1) is 10.9. The van der Waals surface area contributed by atoms with Crippen LogP contribution in [0.4, 0.5) is 0 Å². The fraction of sp³-hybridized carbons (Fsp3) is 0.375. The molecule has 0 aliphatic carbocycles. The highest BCUT2D eigenvalue weighted by Crippen LogP contribution is 2.17. The van der Waals surface area contributed by atoms with Gasteiger partial charge in [0.15, 0.2) is 0 Å². The van der Waals surface area contributed by atoms with E-state index in [0.29, 0.717) is 10.9 Å². The monoisotopic (exact) mass is 332 g/mol. The lowest BCUT2D eigenvalue weighted by molar-refractivity contribution is 0.415. The molecule has 0 N–H and O–H groups in total. The van der Waals surface area contributed by atoms with Crippen LogP contribution in [-0.4, -0.2) is 34.5 Å². The number of hydrogen-bond acceptors (Lipinski definition) is 6. The van der Waals surface area contributed by atoms with Crippen LogP contribution < -0.4 is 10.3 Å². The molecule has 0 aliphatic rings. The number of aromatic nitrogens is 3. The molecule has 6 nitrogen and oxygen atoms in total. The van der Waals surface area contributed by atoms with E-state index in [4.69, 9.17) is 4.74 Å². The second-order valence-electron chi connectivity index (χ2n) is 5.92. The van der Waals surface area contributed by atoms with Crippen molar-refractivity contribution in [2.24, 2.45) is 5.10 Å². The van der Waals surface area contributed by atoms with Crippen LogP contribution in [0.3, 0.4) is 0 Å². The summed E-state index contributed by atoms with van der Waals surface area (Å²) >= 11 is 1.33. The number of rotatable bonds is 4. The number of benzene rings is 1. The molecule has 23 heavy (non-hydrogen) atoms. The lowest BCUT2D eigenvalue weighted by atomic mass is 9.93. The van der Waals surface area contributed by atoms with Gasteiger partial charge < -0.3 is 4.74 Å². The van der Waals surface area contributed by atoms with E-state index in [1.54, 1.807) is 13.3 Å². The summed E-state index contributed by atoms with van der Waals surface area (Å²) in [5.74, 6) is 0.768. The van der Waals surface area contributed by atoms with E-state index in [0.717, 1.165) is 11.3 Å². The smallest absolute Gasteiger partial charge is 0.297 e.